The summed E-state index contributed by atoms with van der Waals surface area (Å²) in [5.74, 6) is 0.0830. The van der Waals surface area contributed by atoms with E-state index in [2.05, 4.69) is 4.74 Å². The highest BCUT2D eigenvalue weighted by atomic mass is 19.4. The maximum absolute atomic E-state index is 12.3. The summed E-state index contributed by atoms with van der Waals surface area (Å²) in [6.07, 6.45) is -0.911. The van der Waals surface area contributed by atoms with Gasteiger partial charge in [-0.15, -0.1) is 13.2 Å². The minimum atomic E-state index is -4.66. The summed E-state index contributed by atoms with van der Waals surface area (Å²) >= 11 is 0. The number of carbonyl (C=O) groups is 1. The molecule has 1 heterocycles. The molecule has 1 amide bonds. The van der Waals surface area contributed by atoms with E-state index in [0.29, 0.717) is 0 Å². The molecule has 0 unspecified atom stereocenters. The van der Waals surface area contributed by atoms with E-state index in [-0.39, 0.29) is 17.1 Å². The molecular formula is C15H16F3NO2. The Morgan fingerprint density at radius 1 is 1.33 bits per heavy atom. The van der Waals surface area contributed by atoms with Crippen molar-refractivity contribution < 1.29 is 22.7 Å². The third-order valence-corrected chi connectivity index (χ3v) is 4.49. The zero-order chi connectivity index (χ0) is 15.1. The topological polar surface area (TPSA) is 29.5 Å². The van der Waals surface area contributed by atoms with Crippen molar-refractivity contribution in [3.8, 4) is 5.75 Å². The molecule has 1 aliphatic heterocycles. The smallest absolute Gasteiger partial charge is 0.406 e. The van der Waals surface area contributed by atoms with Crippen molar-refractivity contribution >= 4 is 6.41 Å². The second-order valence-electron chi connectivity index (χ2n) is 6.07. The highest BCUT2D eigenvalue weighted by Gasteiger charge is 2.47. The quantitative estimate of drug-likeness (QED) is 0.801. The first kappa shape index (κ1) is 14.2. The number of likely N-dealkylation sites (tertiary alicyclic amines) is 1. The third-order valence-electron chi connectivity index (χ3n) is 4.49. The van der Waals surface area contributed by atoms with Crippen molar-refractivity contribution in [2.24, 2.45) is 5.41 Å². The summed E-state index contributed by atoms with van der Waals surface area (Å²) in [6.45, 7) is 1.54. The van der Waals surface area contributed by atoms with E-state index in [1.54, 1.807) is 11.0 Å². The van der Waals surface area contributed by atoms with Crippen molar-refractivity contribution in [1.29, 1.82) is 0 Å². The van der Waals surface area contributed by atoms with Crippen molar-refractivity contribution in [2.75, 3.05) is 13.1 Å². The highest BCUT2D eigenvalue weighted by molar-refractivity contribution is 5.49. The number of carbonyl (C=O) groups excluding carboxylic acids is 1. The number of amides is 1. The predicted molar refractivity (Wildman–Crippen MR) is 69.8 cm³/mol. The summed E-state index contributed by atoms with van der Waals surface area (Å²) in [4.78, 5) is 12.4. The van der Waals surface area contributed by atoms with Gasteiger partial charge in [-0.25, -0.2) is 0 Å². The molecule has 114 valence electrons. The first-order valence-electron chi connectivity index (χ1n) is 6.94. The lowest BCUT2D eigenvalue weighted by atomic mass is 9.77. The van der Waals surface area contributed by atoms with Crippen molar-refractivity contribution in [1.82, 2.24) is 4.90 Å². The van der Waals surface area contributed by atoms with E-state index in [4.69, 9.17) is 0 Å². The minimum absolute atomic E-state index is 0.163. The van der Waals surface area contributed by atoms with Gasteiger partial charge in [0.1, 0.15) is 5.75 Å². The average molecular weight is 299 g/mol. The standard InChI is InChI=1S/C15H16F3NO2/c16-15(17,18)21-13-3-1-2-11(6-13)12-4-5-14(7-12)8-19(9-14)10-20/h1-3,6,10,12H,4-5,7-9H2/t12-/m1/s1. The van der Waals surface area contributed by atoms with Crippen LogP contribution in [-0.4, -0.2) is 30.8 Å². The van der Waals surface area contributed by atoms with Gasteiger partial charge in [0.15, 0.2) is 0 Å². The Kier molecular flexibility index (Phi) is 3.34. The summed E-state index contributed by atoms with van der Waals surface area (Å²) in [5, 5.41) is 0. The Balaban J connectivity index is 1.68. The van der Waals surface area contributed by atoms with Crippen molar-refractivity contribution in [3.05, 3.63) is 29.8 Å². The molecule has 6 heteroatoms. The number of alkyl halides is 3. The lowest BCUT2D eigenvalue weighted by Gasteiger charge is -2.46. The SMILES string of the molecule is O=CN1CC2(CC[C@@H](c3cccc(OC(F)(F)F)c3)C2)C1. The lowest BCUT2D eigenvalue weighted by Crippen LogP contribution is -2.54. The normalized spacial score (nSPS) is 24.0. The highest BCUT2D eigenvalue weighted by Crippen LogP contribution is 2.51. The van der Waals surface area contributed by atoms with Crippen LogP contribution < -0.4 is 4.74 Å². The van der Waals surface area contributed by atoms with Crippen LogP contribution in [-0.2, 0) is 4.79 Å². The Morgan fingerprint density at radius 2 is 2.10 bits per heavy atom. The number of nitrogens with zero attached hydrogens (tertiary/aromatic N) is 1. The number of hydrogen-bond donors (Lipinski definition) is 0. The van der Waals surface area contributed by atoms with Gasteiger partial charge in [-0.05, 0) is 42.9 Å². The van der Waals surface area contributed by atoms with Gasteiger partial charge in [-0.3, -0.25) is 4.79 Å². The van der Waals surface area contributed by atoms with E-state index in [0.717, 1.165) is 44.3 Å². The van der Waals surface area contributed by atoms with Gasteiger partial charge in [0.2, 0.25) is 6.41 Å². The zero-order valence-electron chi connectivity index (χ0n) is 11.4. The van der Waals surface area contributed by atoms with Gasteiger partial charge >= 0.3 is 6.36 Å². The summed E-state index contributed by atoms with van der Waals surface area (Å²) in [6, 6.07) is 6.25. The van der Waals surface area contributed by atoms with E-state index >= 15 is 0 Å². The van der Waals surface area contributed by atoms with Crippen LogP contribution in [0.2, 0.25) is 0 Å². The molecule has 1 atom stereocenters. The molecule has 3 nitrogen and oxygen atoms in total. The fraction of sp³-hybridized carbons (Fsp3) is 0.533. The maximum Gasteiger partial charge on any atom is 0.573 e. The summed E-state index contributed by atoms with van der Waals surface area (Å²) in [5.41, 5.74) is 1.06. The van der Waals surface area contributed by atoms with Crippen molar-refractivity contribution in [3.63, 3.8) is 0 Å². The van der Waals surface area contributed by atoms with Crippen LogP contribution in [0.15, 0.2) is 24.3 Å². The number of ether oxygens (including phenoxy) is 1. The molecule has 2 aliphatic rings. The molecule has 1 saturated heterocycles. The van der Waals surface area contributed by atoms with Crippen LogP contribution in [0.5, 0.6) is 5.75 Å². The number of hydrogen-bond acceptors (Lipinski definition) is 2. The maximum atomic E-state index is 12.3. The van der Waals surface area contributed by atoms with Crippen LogP contribution in [0, 0.1) is 5.41 Å². The molecule has 1 aromatic rings. The molecule has 0 N–H and O–H groups in total. The first-order chi connectivity index (χ1) is 9.89. The Hall–Kier alpha value is -1.72. The van der Waals surface area contributed by atoms with Crippen molar-refractivity contribution in [2.45, 2.75) is 31.5 Å². The fourth-order valence-corrected chi connectivity index (χ4v) is 3.63. The van der Waals surface area contributed by atoms with Crippen LogP contribution in [0.1, 0.15) is 30.7 Å². The van der Waals surface area contributed by atoms with Gasteiger partial charge < -0.3 is 9.64 Å². The van der Waals surface area contributed by atoms with Crippen LogP contribution in [0.4, 0.5) is 13.2 Å². The average Bonchev–Trinajstić information content (AvgIpc) is 2.80. The Morgan fingerprint density at radius 3 is 2.76 bits per heavy atom. The van der Waals surface area contributed by atoms with E-state index in [9.17, 15) is 18.0 Å². The third kappa shape index (κ3) is 2.99. The van der Waals surface area contributed by atoms with E-state index in [1.165, 1.54) is 12.1 Å². The summed E-state index contributed by atoms with van der Waals surface area (Å²) in [7, 11) is 0. The van der Waals surface area contributed by atoms with Crippen LogP contribution in [0.3, 0.4) is 0 Å². The number of rotatable bonds is 3. The monoisotopic (exact) mass is 299 g/mol. The summed E-state index contributed by atoms with van der Waals surface area (Å²) < 4.78 is 40.7. The molecule has 1 aliphatic carbocycles. The second kappa shape index (κ2) is 4.93. The molecule has 21 heavy (non-hydrogen) atoms. The first-order valence-corrected chi connectivity index (χ1v) is 6.94. The van der Waals surface area contributed by atoms with Gasteiger partial charge in [-0.1, -0.05) is 12.1 Å². The second-order valence-corrected chi connectivity index (χ2v) is 6.07. The largest absolute Gasteiger partial charge is 0.573 e. The fourth-order valence-electron chi connectivity index (χ4n) is 3.63. The molecular weight excluding hydrogens is 283 g/mol. The zero-order valence-corrected chi connectivity index (χ0v) is 11.4. The minimum Gasteiger partial charge on any atom is -0.406 e. The van der Waals surface area contributed by atoms with Gasteiger partial charge in [0.25, 0.3) is 0 Å². The van der Waals surface area contributed by atoms with Crippen LogP contribution >= 0.6 is 0 Å². The molecule has 1 spiro atoms. The van der Waals surface area contributed by atoms with Gasteiger partial charge in [0, 0.05) is 18.5 Å². The Bertz CT molecular complexity index is 538. The van der Waals surface area contributed by atoms with E-state index < -0.39 is 6.36 Å². The van der Waals surface area contributed by atoms with E-state index in [1.807, 2.05) is 6.07 Å². The number of halogens is 3. The molecule has 0 bridgehead atoms. The molecule has 3 rings (SSSR count). The van der Waals surface area contributed by atoms with Crippen LogP contribution in [0.25, 0.3) is 0 Å². The molecule has 0 aromatic heterocycles. The number of benzene rings is 1. The molecule has 1 saturated carbocycles. The predicted octanol–water partition coefficient (Wildman–Crippen LogP) is 3.31. The van der Waals surface area contributed by atoms with Gasteiger partial charge in [-0.2, -0.15) is 0 Å². The van der Waals surface area contributed by atoms with Gasteiger partial charge in [0.05, 0.1) is 0 Å². The Labute approximate surface area is 120 Å². The molecule has 1 aromatic carbocycles. The molecule has 2 fully saturated rings. The lowest BCUT2D eigenvalue weighted by molar-refractivity contribution is -0.274. The molecule has 0 radical (unpaired) electrons.